The summed E-state index contributed by atoms with van der Waals surface area (Å²) in [6.45, 7) is 0. The third-order valence-corrected chi connectivity index (χ3v) is 6.45. The summed E-state index contributed by atoms with van der Waals surface area (Å²) in [4.78, 5) is 2.26. The molecule has 150 valence electrons. The SMILES string of the molecule is COc1ccc2cc(-c3ccc(N(C)[C@@H]4C[C@H]5CC[C@@H](C4)N5)nn3)c(O)cc2c1. The van der Waals surface area contributed by atoms with Gasteiger partial charge in [-0.25, -0.2) is 0 Å². The van der Waals surface area contributed by atoms with Gasteiger partial charge in [-0.1, -0.05) is 6.07 Å². The van der Waals surface area contributed by atoms with Crippen molar-refractivity contribution in [2.24, 2.45) is 0 Å². The Morgan fingerprint density at radius 3 is 2.48 bits per heavy atom. The van der Waals surface area contributed by atoms with Gasteiger partial charge >= 0.3 is 0 Å². The van der Waals surface area contributed by atoms with Crippen molar-refractivity contribution >= 4 is 16.6 Å². The number of hydrogen-bond donors (Lipinski definition) is 2. The summed E-state index contributed by atoms with van der Waals surface area (Å²) in [5.41, 5.74) is 1.35. The van der Waals surface area contributed by atoms with E-state index in [-0.39, 0.29) is 5.75 Å². The molecular weight excluding hydrogens is 364 g/mol. The second-order valence-electron chi connectivity index (χ2n) is 8.23. The maximum absolute atomic E-state index is 10.5. The van der Waals surface area contributed by atoms with Crippen molar-refractivity contribution in [1.82, 2.24) is 15.5 Å². The number of benzene rings is 2. The minimum Gasteiger partial charge on any atom is -0.507 e. The number of rotatable bonds is 4. The van der Waals surface area contributed by atoms with E-state index in [0.717, 1.165) is 35.2 Å². The Morgan fingerprint density at radius 1 is 1.00 bits per heavy atom. The Labute approximate surface area is 170 Å². The number of nitrogens with one attached hydrogen (secondary N) is 1. The van der Waals surface area contributed by atoms with Crippen LogP contribution >= 0.6 is 0 Å². The molecule has 0 amide bonds. The van der Waals surface area contributed by atoms with E-state index in [4.69, 9.17) is 4.74 Å². The summed E-state index contributed by atoms with van der Waals surface area (Å²) in [5, 5.41) is 25.1. The lowest BCUT2D eigenvalue weighted by Crippen LogP contribution is -2.47. The molecule has 3 heterocycles. The highest BCUT2D eigenvalue weighted by atomic mass is 16.5. The van der Waals surface area contributed by atoms with Crippen LogP contribution in [-0.4, -0.2) is 47.6 Å². The fourth-order valence-corrected chi connectivity index (χ4v) is 4.78. The van der Waals surface area contributed by atoms with Crippen LogP contribution in [-0.2, 0) is 0 Å². The average molecular weight is 390 g/mol. The highest BCUT2D eigenvalue weighted by Crippen LogP contribution is 2.35. The molecule has 0 saturated carbocycles. The van der Waals surface area contributed by atoms with E-state index in [1.54, 1.807) is 13.2 Å². The van der Waals surface area contributed by atoms with Gasteiger partial charge in [0.15, 0.2) is 5.82 Å². The van der Waals surface area contributed by atoms with Gasteiger partial charge in [-0.05, 0) is 72.9 Å². The second-order valence-corrected chi connectivity index (χ2v) is 8.23. The van der Waals surface area contributed by atoms with Crippen LogP contribution in [0.1, 0.15) is 25.7 Å². The molecule has 2 N–H and O–H groups in total. The summed E-state index contributed by atoms with van der Waals surface area (Å²) >= 11 is 0. The van der Waals surface area contributed by atoms with Crippen molar-refractivity contribution in [3.8, 4) is 22.8 Å². The van der Waals surface area contributed by atoms with Crippen molar-refractivity contribution in [3.05, 3.63) is 42.5 Å². The molecule has 0 radical (unpaired) electrons. The number of aromatic hydroxyl groups is 1. The fourth-order valence-electron chi connectivity index (χ4n) is 4.78. The van der Waals surface area contributed by atoms with E-state index >= 15 is 0 Å². The van der Waals surface area contributed by atoms with Crippen molar-refractivity contribution in [1.29, 1.82) is 0 Å². The van der Waals surface area contributed by atoms with Crippen LogP contribution in [0.5, 0.6) is 11.5 Å². The smallest absolute Gasteiger partial charge is 0.151 e. The zero-order valence-corrected chi connectivity index (χ0v) is 16.8. The molecule has 2 aliphatic rings. The summed E-state index contributed by atoms with van der Waals surface area (Å²) < 4.78 is 5.27. The number of phenolic OH excluding ortho intramolecular Hbond substituents is 1. The highest BCUT2D eigenvalue weighted by molar-refractivity contribution is 5.90. The van der Waals surface area contributed by atoms with Crippen molar-refractivity contribution in [3.63, 3.8) is 0 Å². The lowest BCUT2D eigenvalue weighted by atomic mass is 9.98. The van der Waals surface area contributed by atoms with Gasteiger partial charge in [0.05, 0.1) is 12.8 Å². The molecule has 6 heteroatoms. The number of nitrogens with zero attached hydrogens (tertiary/aromatic N) is 3. The first-order valence-electron chi connectivity index (χ1n) is 10.2. The molecule has 2 saturated heterocycles. The number of anilines is 1. The number of methoxy groups -OCH3 is 1. The minimum atomic E-state index is 0.191. The zero-order chi connectivity index (χ0) is 20.0. The van der Waals surface area contributed by atoms with Crippen LogP contribution in [0.25, 0.3) is 22.0 Å². The van der Waals surface area contributed by atoms with E-state index in [0.29, 0.717) is 29.4 Å². The Morgan fingerprint density at radius 2 is 1.79 bits per heavy atom. The Bertz CT molecular complexity index is 1020. The molecule has 3 atom stereocenters. The molecule has 2 aromatic carbocycles. The van der Waals surface area contributed by atoms with Gasteiger partial charge in [-0.15, -0.1) is 10.2 Å². The summed E-state index contributed by atoms with van der Waals surface area (Å²) in [6.07, 6.45) is 4.89. The van der Waals surface area contributed by atoms with Crippen LogP contribution in [0.15, 0.2) is 42.5 Å². The molecule has 2 bridgehead atoms. The number of fused-ring (bicyclic) bond motifs is 3. The van der Waals surface area contributed by atoms with Crippen LogP contribution in [0, 0.1) is 0 Å². The molecule has 0 spiro atoms. The molecule has 0 unspecified atom stereocenters. The Kier molecular flexibility index (Phi) is 4.51. The third kappa shape index (κ3) is 3.38. The van der Waals surface area contributed by atoms with E-state index in [1.165, 1.54) is 12.8 Å². The highest BCUT2D eigenvalue weighted by Gasteiger charge is 2.35. The predicted octanol–water partition coefficient (Wildman–Crippen LogP) is 3.73. The lowest BCUT2D eigenvalue weighted by Gasteiger charge is -2.36. The minimum absolute atomic E-state index is 0.191. The van der Waals surface area contributed by atoms with Crippen LogP contribution in [0.2, 0.25) is 0 Å². The molecule has 2 fully saturated rings. The van der Waals surface area contributed by atoms with E-state index in [2.05, 4.69) is 27.5 Å². The average Bonchev–Trinajstić information content (AvgIpc) is 3.09. The first-order chi connectivity index (χ1) is 14.1. The molecule has 3 aromatic rings. The van der Waals surface area contributed by atoms with Gasteiger partial charge in [0, 0.05) is 30.7 Å². The number of ether oxygens (including phenoxy) is 1. The van der Waals surface area contributed by atoms with Crippen molar-refractivity contribution in [2.45, 2.75) is 43.8 Å². The fraction of sp³-hybridized carbons (Fsp3) is 0.391. The largest absolute Gasteiger partial charge is 0.507 e. The normalized spacial score (nSPS) is 23.3. The molecule has 0 aliphatic carbocycles. The summed E-state index contributed by atoms with van der Waals surface area (Å²) in [7, 11) is 3.75. The second kappa shape index (κ2) is 7.19. The maximum atomic E-state index is 10.5. The number of aromatic nitrogens is 2. The standard InChI is InChI=1S/C23H26N4O2/c1-27(18-12-16-4-5-17(13-18)24-16)23-8-7-21(25-26-23)20-10-14-3-6-19(29-2)9-15(14)11-22(20)28/h3,6-11,16-18,24,28H,4-5,12-13H2,1-2H3/t16-,17+,18-. The van der Waals surface area contributed by atoms with Crippen molar-refractivity contribution in [2.75, 3.05) is 19.1 Å². The van der Waals surface area contributed by atoms with Crippen molar-refractivity contribution < 1.29 is 9.84 Å². The number of piperidine rings is 1. The number of phenols is 1. The van der Waals surface area contributed by atoms with Gasteiger partial charge in [-0.2, -0.15) is 0 Å². The zero-order valence-electron chi connectivity index (χ0n) is 16.8. The molecule has 2 aliphatic heterocycles. The molecular formula is C23H26N4O2. The Balaban J connectivity index is 1.40. The molecule has 1 aromatic heterocycles. The van der Waals surface area contributed by atoms with Gasteiger partial charge in [0.1, 0.15) is 11.5 Å². The molecule has 5 rings (SSSR count). The number of hydrogen-bond acceptors (Lipinski definition) is 6. The predicted molar refractivity (Wildman–Crippen MR) is 115 cm³/mol. The summed E-state index contributed by atoms with van der Waals surface area (Å²) in [5.74, 6) is 1.84. The maximum Gasteiger partial charge on any atom is 0.151 e. The topological polar surface area (TPSA) is 70.5 Å². The molecule has 29 heavy (non-hydrogen) atoms. The van der Waals surface area contributed by atoms with Gasteiger partial charge < -0.3 is 20.1 Å². The van der Waals surface area contributed by atoms with E-state index < -0.39 is 0 Å². The van der Waals surface area contributed by atoms with E-state index in [1.807, 2.05) is 36.4 Å². The first kappa shape index (κ1) is 18.2. The molecule has 6 nitrogen and oxygen atoms in total. The quantitative estimate of drug-likeness (QED) is 0.707. The van der Waals surface area contributed by atoms with Crippen LogP contribution < -0.4 is 15.0 Å². The lowest BCUT2D eigenvalue weighted by molar-refractivity contribution is 0.353. The summed E-state index contributed by atoms with van der Waals surface area (Å²) in [6, 6.07) is 15.2. The monoisotopic (exact) mass is 390 g/mol. The third-order valence-electron chi connectivity index (χ3n) is 6.45. The Hall–Kier alpha value is -2.86. The first-order valence-corrected chi connectivity index (χ1v) is 10.2. The van der Waals surface area contributed by atoms with Crippen LogP contribution in [0.3, 0.4) is 0 Å². The van der Waals surface area contributed by atoms with Gasteiger partial charge in [-0.3, -0.25) is 0 Å². The van der Waals surface area contributed by atoms with E-state index in [9.17, 15) is 5.11 Å². The van der Waals surface area contributed by atoms with Gasteiger partial charge in [0.25, 0.3) is 0 Å². The van der Waals surface area contributed by atoms with Gasteiger partial charge in [0.2, 0.25) is 0 Å². The van der Waals surface area contributed by atoms with Crippen LogP contribution in [0.4, 0.5) is 5.82 Å².